The fourth-order valence-electron chi connectivity index (χ4n) is 2.64. The minimum atomic E-state index is -1.19. The molecular formula is C18H24N2O6. The first-order chi connectivity index (χ1) is 12.3. The summed E-state index contributed by atoms with van der Waals surface area (Å²) in [6.07, 6.45) is -1.52. The molecule has 0 aliphatic heterocycles. The molecule has 0 heterocycles. The van der Waals surface area contributed by atoms with Gasteiger partial charge in [-0.05, 0) is 36.8 Å². The highest BCUT2D eigenvalue weighted by Gasteiger charge is 2.34. The van der Waals surface area contributed by atoms with Crippen molar-refractivity contribution in [1.29, 1.82) is 0 Å². The lowest BCUT2D eigenvalue weighted by Gasteiger charge is -2.31. The molecule has 0 saturated heterocycles. The minimum Gasteiger partial charge on any atom is -0.497 e. The van der Waals surface area contributed by atoms with Crippen molar-refractivity contribution in [3.63, 3.8) is 0 Å². The van der Waals surface area contributed by atoms with Crippen molar-refractivity contribution < 1.29 is 29.3 Å². The van der Waals surface area contributed by atoms with Gasteiger partial charge < -0.3 is 30.7 Å². The van der Waals surface area contributed by atoms with Crippen LogP contribution in [0.3, 0.4) is 0 Å². The Labute approximate surface area is 151 Å². The number of nitrogens with two attached hydrogens (primary N) is 1. The summed E-state index contributed by atoms with van der Waals surface area (Å²) >= 11 is 0. The molecule has 1 aliphatic rings. The molecule has 4 unspecified atom stereocenters. The highest BCUT2D eigenvalue weighted by Crippen LogP contribution is 2.25. The average molecular weight is 364 g/mol. The van der Waals surface area contributed by atoms with E-state index in [1.165, 1.54) is 6.08 Å². The van der Waals surface area contributed by atoms with Crippen molar-refractivity contribution in [1.82, 2.24) is 5.32 Å². The summed E-state index contributed by atoms with van der Waals surface area (Å²) in [5.41, 5.74) is 5.45. The highest BCUT2D eigenvalue weighted by atomic mass is 16.5. The topological polar surface area (TPSA) is 131 Å². The van der Waals surface area contributed by atoms with Crippen molar-refractivity contribution in [2.45, 2.75) is 44.1 Å². The third-order valence-electron chi connectivity index (χ3n) is 4.21. The summed E-state index contributed by atoms with van der Waals surface area (Å²) in [5.74, 6) is -0.0634. The first-order valence-electron chi connectivity index (χ1n) is 8.33. The van der Waals surface area contributed by atoms with Crippen LogP contribution in [0.1, 0.15) is 19.8 Å². The van der Waals surface area contributed by atoms with Crippen LogP contribution in [0.5, 0.6) is 11.5 Å². The molecule has 8 heteroatoms. The van der Waals surface area contributed by atoms with Crippen LogP contribution in [0.2, 0.25) is 0 Å². The SMILES string of the molecule is CCC(NC(=O)C1=CC(Oc2ccc(OC)cc2)C(O)C(O)C1)C(N)=O. The smallest absolute Gasteiger partial charge is 0.247 e. The molecule has 5 N–H and O–H groups in total. The van der Waals surface area contributed by atoms with Crippen molar-refractivity contribution in [2.75, 3.05) is 7.11 Å². The maximum Gasteiger partial charge on any atom is 0.247 e. The molecule has 0 radical (unpaired) electrons. The fraction of sp³-hybridized carbons (Fsp3) is 0.444. The number of methoxy groups -OCH3 is 1. The summed E-state index contributed by atoms with van der Waals surface area (Å²) in [4.78, 5) is 23.6. The molecule has 1 aliphatic carbocycles. The molecule has 142 valence electrons. The van der Waals surface area contributed by atoms with Gasteiger partial charge in [0.05, 0.1) is 13.2 Å². The Balaban J connectivity index is 2.15. The molecule has 2 amide bonds. The van der Waals surface area contributed by atoms with Gasteiger partial charge in [-0.25, -0.2) is 0 Å². The Morgan fingerprint density at radius 1 is 1.27 bits per heavy atom. The standard InChI is InChI=1S/C18H24N2O6/c1-3-13(17(19)23)20-18(24)10-8-14(21)16(22)15(9-10)26-12-6-4-11(25-2)5-7-12/h4-7,9,13-16,21-22H,3,8H2,1-2H3,(H2,19,23)(H,20,24). The van der Waals surface area contributed by atoms with Crippen LogP contribution in [-0.2, 0) is 9.59 Å². The van der Waals surface area contributed by atoms with E-state index in [0.717, 1.165) is 0 Å². The van der Waals surface area contributed by atoms with Gasteiger partial charge in [0.25, 0.3) is 0 Å². The summed E-state index contributed by atoms with van der Waals surface area (Å²) in [7, 11) is 1.54. The fourth-order valence-corrected chi connectivity index (χ4v) is 2.64. The number of carbonyl (C=O) groups excluding carboxylic acids is 2. The van der Waals surface area contributed by atoms with Gasteiger partial charge in [-0.1, -0.05) is 6.92 Å². The van der Waals surface area contributed by atoms with E-state index in [1.807, 2.05) is 0 Å². The number of amides is 2. The van der Waals surface area contributed by atoms with Crippen molar-refractivity contribution in [3.05, 3.63) is 35.9 Å². The van der Waals surface area contributed by atoms with E-state index in [2.05, 4.69) is 5.32 Å². The third kappa shape index (κ3) is 4.74. The highest BCUT2D eigenvalue weighted by molar-refractivity contribution is 5.97. The number of nitrogens with one attached hydrogen (secondary N) is 1. The van der Waals surface area contributed by atoms with Crippen molar-refractivity contribution in [3.8, 4) is 11.5 Å². The molecule has 0 aromatic heterocycles. The zero-order valence-electron chi connectivity index (χ0n) is 14.7. The summed E-state index contributed by atoms with van der Waals surface area (Å²) < 4.78 is 10.7. The normalized spacial score (nSPS) is 23.5. The summed E-state index contributed by atoms with van der Waals surface area (Å²) in [6, 6.07) is 5.89. The molecule has 2 rings (SSSR count). The quantitative estimate of drug-likeness (QED) is 0.533. The molecule has 8 nitrogen and oxygen atoms in total. The van der Waals surface area contributed by atoms with E-state index in [0.29, 0.717) is 17.9 Å². The first kappa shape index (κ1) is 19.7. The predicted octanol–water partition coefficient (Wildman–Crippen LogP) is -0.125. The van der Waals surface area contributed by atoms with Gasteiger partial charge >= 0.3 is 0 Å². The lowest BCUT2D eigenvalue weighted by Crippen LogP contribution is -2.48. The van der Waals surface area contributed by atoms with E-state index in [4.69, 9.17) is 15.2 Å². The average Bonchev–Trinajstić information content (AvgIpc) is 2.63. The van der Waals surface area contributed by atoms with Crippen LogP contribution < -0.4 is 20.5 Å². The number of aliphatic hydroxyl groups is 2. The Morgan fingerprint density at radius 3 is 2.42 bits per heavy atom. The number of primary amides is 1. The second-order valence-corrected chi connectivity index (χ2v) is 6.05. The molecule has 0 fully saturated rings. The van der Waals surface area contributed by atoms with Crippen molar-refractivity contribution >= 4 is 11.8 Å². The van der Waals surface area contributed by atoms with E-state index >= 15 is 0 Å². The number of aliphatic hydroxyl groups excluding tert-OH is 2. The number of ether oxygens (including phenoxy) is 2. The third-order valence-corrected chi connectivity index (χ3v) is 4.21. The zero-order valence-corrected chi connectivity index (χ0v) is 14.7. The number of carbonyl (C=O) groups is 2. The van der Waals surface area contributed by atoms with Crippen LogP contribution in [0.15, 0.2) is 35.9 Å². The van der Waals surface area contributed by atoms with Gasteiger partial charge in [0, 0.05) is 12.0 Å². The van der Waals surface area contributed by atoms with E-state index in [9.17, 15) is 19.8 Å². The lowest BCUT2D eigenvalue weighted by atomic mass is 9.91. The number of hydrogen-bond acceptors (Lipinski definition) is 6. The Bertz CT molecular complexity index is 673. The molecular weight excluding hydrogens is 340 g/mol. The molecule has 1 aromatic rings. The van der Waals surface area contributed by atoms with Crippen LogP contribution >= 0.6 is 0 Å². The van der Waals surface area contributed by atoms with Gasteiger partial charge in [-0.15, -0.1) is 0 Å². The maximum absolute atomic E-state index is 12.4. The molecule has 0 bridgehead atoms. The number of rotatable bonds is 7. The largest absolute Gasteiger partial charge is 0.497 e. The van der Waals surface area contributed by atoms with Gasteiger partial charge in [-0.3, -0.25) is 9.59 Å². The number of hydrogen-bond donors (Lipinski definition) is 4. The predicted molar refractivity (Wildman–Crippen MR) is 93.5 cm³/mol. The van der Waals surface area contributed by atoms with Crippen LogP contribution in [0, 0.1) is 0 Å². The first-order valence-corrected chi connectivity index (χ1v) is 8.33. The van der Waals surface area contributed by atoms with Gasteiger partial charge in [0.2, 0.25) is 11.8 Å². The maximum atomic E-state index is 12.4. The van der Waals surface area contributed by atoms with Gasteiger partial charge in [0.15, 0.2) is 0 Å². The van der Waals surface area contributed by atoms with E-state index in [1.54, 1.807) is 38.3 Å². The second kappa shape index (κ2) is 8.68. The molecule has 4 atom stereocenters. The molecule has 0 saturated carbocycles. The zero-order chi connectivity index (χ0) is 19.3. The minimum absolute atomic E-state index is 0.0509. The molecule has 1 aromatic carbocycles. The monoisotopic (exact) mass is 364 g/mol. The Kier molecular flexibility index (Phi) is 6.59. The Hall–Kier alpha value is -2.58. The van der Waals surface area contributed by atoms with Crippen LogP contribution in [0.25, 0.3) is 0 Å². The van der Waals surface area contributed by atoms with Crippen molar-refractivity contribution in [2.24, 2.45) is 5.73 Å². The van der Waals surface area contributed by atoms with Crippen LogP contribution in [0.4, 0.5) is 0 Å². The molecule has 26 heavy (non-hydrogen) atoms. The summed E-state index contributed by atoms with van der Waals surface area (Å²) in [5, 5.41) is 22.8. The van der Waals surface area contributed by atoms with E-state index < -0.39 is 36.2 Å². The van der Waals surface area contributed by atoms with Crippen LogP contribution in [-0.4, -0.2) is 53.5 Å². The molecule has 0 spiro atoms. The lowest BCUT2D eigenvalue weighted by molar-refractivity contribution is -0.126. The van der Waals surface area contributed by atoms with Gasteiger partial charge in [-0.2, -0.15) is 0 Å². The Morgan fingerprint density at radius 2 is 1.88 bits per heavy atom. The van der Waals surface area contributed by atoms with E-state index in [-0.39, 0.29) is 12.0 Å². The second-order valence-electron chi connectivity index (χ2n) is 6.05. The summed E-state index contributed by atoms with van der Waals surface area (Å²) in [6.45, 7) is 1.72. The number of benzene rings is 1. The van der Waals surface area contributed by atoms with Gasteiger partial charge in [0.1, 0.15) is 29.7 Å².